The van der Waals surface area contributed by atoms with Crippen LogP contribution in [0.15, 0.2) is 18.2 Å². The summed E-state index contributed by atoms with van der Waals surface area (Å²) in [6, 6.07) is 7.04. The number of rotatable bonds is 2. The standard InChI is InChI=1S/C13H19NO/c1-10-6-7-11(9-13(10)15-2)12-5-3-4-8-14-12/h6-7,9,12,14H,3-5,8H2,1-2H3. The van der Waals surface area contributed by atoms with E-state index in [-0.39, 0.29) is 0 Å². The molecule has 1 atom stereocenters. The molecular formula is C13H19NO. The average Bonchev–Trinajstić information content (AvgIpc) is 2.31. The number of piperidine rings is 1. The third kappa shape index (κ3) is 2.32. The molecule has 1 unspecified atom stereocenters. The minimum absolute atomic E-state index is 0.522. The summed E-state index contributed by atoms with van der Waals surface area (Å²) in [4.78, 5) is 0. The van der Waals surface area contributed by atoms with Gasteiger partial charge in [0.15, 0.2) is 0 Å². The Labute approximate surface area is 91.6 Å². The molecule has 2 heteroatoms. The van der Waals surface area contributed by atoms with Crippen LogP contribution < -0.4 is 10.1 Å². The van der Waals surface area contributed by atoms with E-state index in [1.54, 1.807) is 7.11 Å². The monoisotopic (exact) mass is 205 g/mol. The van der Waals surface area contributed by atoms with Crippen LogP contribution in [0.2, 0.25) is 0 Å². The van der Waals surface area contributed by atoms with Gasteiger partial charge in [0.25, 0.3) is 0 Å². The molecule has 1 N–H and O–H groups in total. The Bertz CT molecular complexity index is 329. The Kier molecular flexibility index (Phi) is 3.27. The first-order valence-electron chi connectivity index (χ1n) is 5.69. The van der Waals surface area contributed by atoms with Gasteiger partial charge in [-0.2, -0.15) is 0 Å². The van der Waals surface area contributed by atoms with Crippen molar-refractivity contribution in [3.63, 3.8) is 0 Å². The van der Waals surface area contributed by atoms with Crippen LogP contribution in [0.4, 0.5) is 0 Å². The second kappa shape index (κ2) is 4.67. The number of aryl methyl sites for hydroxylation is 1. The molecule has 0 amide bonds. The molecule has 1 saturated heterocycles. The van der Waals surface area contributed by atoms with Gasteiger partial charge in [0.1, 0.15) is 5.75 Å². The summed E-state index contributed by atoms with van der Waals surface area (Å²) in [6.45, 7) is 3.22. The second-order valence-electron chi connectivity index (χ2n) is 4.23. The molecule has 1 aliphatic rings. The highest BCUT2D eigenvalue weighted by Gasteiger charge is 2.15. The maximum absolute atomic E-state index is 5.35. The Morgan fingerprint density at radius 2 is 2.20 bits per heavy atom. The lowest BCUT2D eigenvalue weighted by Crippen LogP contribution is -2.26. The lowest BCUT2D eigenvalue weighted by molar-refractivity contribution is 0.398. The first-order chi connectivity index (χ1) is 7.31. The molecule has 0 radical (unpaired) electrons. The Morgan fingerprint density at radius 3 is 2.87 bits per heavy atom. The maximum atomic E-state index is 5.35. The van der Waals surface area contributed by atoms with E-state index in [9.17, 15) is 0 Å². The van der Waals surface area contributed by atoms with Crippen molar-refractivity contribution in [2.75, 3.05) is 13.7 Å². The minimum Gasteiger partial charge on any atom is -0.496 e. The third-order valence-electron chi connectivity index (χ3n) is 3.14. The van der Waals surface area contributed by atoms with Crippen molar-refractivity contribution in [2.24, 2.45) is 0 Å². The predicted octanol–water partition coefficient (Wildman–Crippen LogP) is 2.82. The summed E-state index contributed by atoms with van der Waals surface area (Å²) in [5.41, 5.74) is 2.56. The zero-order chi connectivity index (χ0) is 10.7. The number of hydrogen-bond donors (Lipinski definition) is 1. The van der Waals surface area contributed by atoms with Crippen LogP contribution in [0.1, 0.15) is 36.4 Å². The fourth-order valence-corrected chi connectivity index (χ4v) is 2.19. The topological polar surface area (TPSA) is 21.3 Å². The molecule has 0 spiro atoms. The van der Waals surface area contributed by atoms with E-state index < -0.39 is 0 Å². The smallest absolute Gasteiger partial charge is 0.122 e. The molecule has 0 aliphatic carbocycles. The second-order valence-corrected chi connectivity index (χ2v) is 4.23. The number of methoxy groups -OCH3 is 1. The van der Waals surface area contributed by atoms with E-state index in [0.717, 1.165) is 12.3 Å². The zero-order valence-electron chi connectivity index (χ0n) is 9.55. The number of ether oxygens (including phenoxy) is 1. The van der Waals surface area contributed by atoms with Crippen molar-refractivity contribution in [1.29, 1.82) is 0 Å². The van der Waals surface area contributed by atoms with Crippen molar-refractivity contribution in [2.45, 2.75) is 32.2 Å². The third-order valence-corrected chi connectivity index (χ3v) is 3.14. The summed E-state index contributed by atoms with van der Waals surface area (Å²) < 4.78 is 5.35. The van der Waals surface area contributed by atoms with Gasteiger partial charge in [0, 0.05) is 6.04 Å². The van der Waals surface area contributed by atoms with Crippen molar-refractivity contribution in [1.82, 2.24) is 5.32 Å². The summed E-state index contributed by atoms with van der Waals surface area (Å²) in [6.07, 6.45) is 3.87. The van der Waals surface area contributed by atoms with Crippen molar-refractivity contribution in [3.05, 3.63) is 29.3 Å². The quantitative estimate of drug-likeness (QED) is 0.801. The van der Waals surface area contributed by atoms with Crippen LogP contribution in [0.5, 0.6) is 5.75 Å². The molecule has 82 valence electrons. The highest BCUT2D eigenvalue weighted by atomic mass is 16.5. The first kappa shape index (κ1) is 10.5. The summed E-state index contributed by atoms with van der Waals surface area (Å²) >= 11 is 0. The van der Waals surface area contributed by atoms with Gasteiger partial charge in [-0.3, -0.25) is 0 Å². The zero-order valence-corrected chi connectivity index (χ0v) is 9.55. The summed E-state index contributed by atoms with van der Waals surface area (Å²) in [7, 11) is 1.74. The maximum Gasteiger partial charge on any atom is 0.122 e. The van der Waals surface area contributed by atoms with Gasteiger partial charge in [-0.05, 0) is 43.5 Å². The van der Waals surface area contributed by atoms with Gasteiger partial charge >= 0.3 is 0 Å². The molecule has 0 bridgehead atoms. The largest absolute Gasteiger partial charge is 0.496 e. The van der Waals surface area contributed by atoms with E-state index >= 15 is 0 Å². The van der Waals surface area contributed by atoms with Crippen LogP contribution in [-0.4, -0.2) is 13.7 Å². The minimum atomic E-state index is 0.522. The predicted molar refractivity (Wildman–Crippen MR) is 62.3 cm³/mol. The highest BCUT2D eigenvalue weighted by molar-refractivity contribution is 5.37. The van der Waals surface area contributed by atoms with E-state index in [1.807, 2.05) is 0 Å². The number of benzene rings is 1. The molecule has 2 nitrogen and oxygen atoms in total. The molecule has 1 heterocycles. The van der Waals surface area contributed by atoms with Crippen LogP contribution in [0, 0.1) is 6.92 Å². The van der Waals surface area contributed by atoms with Crippen molar-refractivity contribution < 1.29 is 4.74 Å². The summed E-state index contributed by atoms with van der Waals surface area (Å²) in [5.74, 6) is 1.000. The molecule has 1 fully saturated rings. The lowest BCUT2D eigenvalue weighted by atomic mass is 9.96. The molecule has 2 rings (SSSR count). The van der Waals surface area contributed by atoms with Crippen LogP contribution in [0.3, 0.4) is 0 Å². The van der Waals surface area contributed by atoms with Gasteiger partial charge in [-0.1, -0.05) is 18.6 Å². The molecular weight excluding hydrogens is 186 g/mol. The van der Waals surface area contributed by atoms with Gasteiger partial charge in [-0.25, -0.2) is 0 Å². The SMILES string of the molecule is COc1cc(C2CCCCN2)ccc1C. The summed E-state index contributed by atoms with van der Waals surface area (Å²) in [5, 5.41) is 3.55. The van der Waals surface area contributed by atoms with Gasteiger partial charge < -0.3 is 10.1 Å². The van der Waals surface area contributed by atoms with Crippen LogP contribution in [0.25, 0.3) is 0 Å². The van der Waals surface area contributed by atoms with Crippen LogP contribution in [-0.2, 0) is 0 Å². The van der Waals surface area contributed by atoms with Gasteiger partial charge in [0.2, 0.25) is 0 Å². The Hall–Kier alpha value is -1.02. The normalized spacial score (nSPS) is 21.3. The van der Waals surface area contributed by atoms with Crippen molar-refractivity contribution >= 4 is 0 Å². The van der Waals surface area contributed by atoms with Gasteiger partial charge in [0.05, 0.1) is 7.11 Å². The van der Waals surface area contributed by atoms with E-state index in [1.165, 1.54) is 30.4 Å². The molecule has 1 aromatic carbocycles. The Balaban J connectivity index is 2.20. The molecule has 1 aliphatic heterocycles. The van der Waals surface area contributed by atoms with E-state index in [2.05, 4.69) is 30.4 Å². The Morgan fingerprint density at radius 1 is 1.33 bits per heavy atom. The fourth-order valence-electron chi connectivity index (χ4n) is 2.19. The number of hydrogen-bond acceptors (Lipinski definition) is 2. The highest BCUT2D eigenvalue weighted by Crippen LogP contribution is 2.27. The van der Waals surface area contributed by atoms with Crippen LogP contribution >= 0.6 is 0 Å². The molecule has 0 aromatic heterocycles. The molecule has 1 aromatic rings. The molecule has 0 saturated carbocycles. The van der Waals surface area contributed by atoms with E-state index in [0.29, 0.717) is 6.04 Å². The average molecular weight is 205 g/mol. The fraction of sp³-hybridized carbons (Fsp3) is 0.538. The lowest BCUT2D eigenvalue weighted by Gasteiger charge is -2.24. The van der Waals surface area contributed by atoms with E-state index in [4.69, 9.17) is 4.74 Å². The van der Waals surface area contributed by atoms with Gasteiger partial charge in [-0.15, -0.1) is 0 Å². The first-order valence-corrected chi connectivity index (χ1v) is 5.69. The van der Waals surface area contributed by atoms with Crippen molar-refractivity contribution in [3.8, 4) is 5.75 Å². The number of nitrogens with one attached hydrogen (secondary N) is 1. The molecule has 15 heavy (non-hydrogen) atoms.